The number of Topliss-reactive ketones (excluding diaryl/α,β-unsaturated/α-hetero) is 1. The predicted octanol–water partition coefficient (Wildman–Crippen LogP) is 3.42. The molecule has 2 aliphatic rings. The Kier molecular flexibility index (Phi) is 6.91. The topological polar surface area (TPSA) is 83.8 Å². The van der Waals surface area contributed by atoms with E-state index >= 15 is 0 Å². The first-order chi connectivity index (χ1) is 12.5. The molecular weight excluding hydrogens is 344 g/mol. The summed E-state index contributed by atoms with van der Waals surface area (Å²) in [5.41, 5.74) is -0.119. The summed E-state index contributed by atoms with van der Waals surface area (Å²) in [5.74, 6) is 0.103. The third kappa shape index (κ3) is 5.00. The van der Waals surface area contributed by atoms with Gasteiger partial charge in [0.1, 0.15) is 0 Å². The Hall–Kier alpha value is -1.20. The number of carbonyl (C=O) groups is 2. The third-order valence-electron chi connectivity index (χ3n) is 6.79. The molecule has 2 rings (SSSR count). The summed E-state index contributed by atoms with van der Waals surface area (Å²) in [7, 11) is 0. The van der Waals surface area contributed by atoms with Gasteiger partial charge in [0, 0.05) is 6.42 Å². The van der Waals surface area contributed by atoms with Crippen LogP contribution in [-0.4, -0.2) is 40.8 Å². The van der Waals surface area contributed by atoms with E-state index in [-0.39, 0.29) is 28.8 Å². The zero-order valence-corrected chi connectivity index (χ0v) is 17.5. The molecule has 0 aromatic heterocycles. The van der Waals surface area contributed by atoms with Crippen LogP contribution in [0.1, 0.15) is 73.1 Å². The fraction of sp³-hybridized carbons (Fsp3) is 0.818. The van der Waals surface area contributed by atoms with Crippen LogP contribution in [0.15, 0.2) is 11.6 Å². The molecule has 0 radical (unpaired) electrons. The lowest BCUT2D eigenvalue weighted by atomic mass is 9.58. The summed E-state index contributed by atoms with van der Waals surface area (Å²) in [6, 6.07) is 0. The summed E-state index contributed by atoms with van der Waals surface area (Å²) in [6.45, 7) is 10.6. The molecule has 0 bridgehead atoms. The minimum Gasteiger partial charge on any atom is -0.462 e. The highest BCUT2D eigenvalue weighted by atomic mass is 16.5. The highest BCUT2D eigenvalue weighted by Gasteiger charge is 2.46. The highest BCUT2D eigenvalue weighted by molar-refractivity contribution is 6.17. The van der Waals surface area contributed by atoms with Gasteiger partial charge in [-0.05, 0) is 61.7 Å². The molecule has 0 saturated heterocycles. The Morgan fingerprint density at radius 3 is 2.52 bits per heavy atom. The van der Waals surface area contributed by atoms with Crippen molar-refractivity contribution >= 4 is 11.8 Å². The van der Waals surface area contributed by atoms with Crippen molar-refractivity contribution in [3.8, 4) is 0 Å². The smallest absolute Gasteiger partial charge is 0.341 e. The van der Waals surface area contributed by atoms with E-state index in [1.165, 1.54) is 0 Å². The van der Waals surface area contributed by atoms with Gasteiger partial charge in [0.15, 0.2) is 5.78 Å². The summed E-state index contributed by atoms with van der Waals surface area (Å²) in [6.07, 6.45) is 4.51. The van der Waals surface area contributed by atoms with Crippen molar-refractivity contribution in [3.63, 3.8) is 0 Å². The van der Waals surface area contributed by atoms with Gasteiger partial charge in [-0.15, -0.1) is 0 Å². The molecule has 154 valence electrons. The number of rotatable bonds is 6. The molecule has 5 nitrogen and oxygen atoms in total. The Labute approximate surface area is 163 Å². The number of hydrogen-bond donors (Lipinski definition) is 2. The Morgan fingerprint density at radius 1 is 1.26 bits per heavy atom. The maximum Gasteiger partial charge on any atom is 0.341 e. The number of allylic oxidation sites excluding steroid dienone is 1. The van der Waals surface area contributed by atoms with E-state index in [1.54, 1.807) is 6.92 Å². The van der Waals surface area contributed by atoms with Crippen molar-refractivity contribution < 1.29 is 24.5 Å². The van der Waals surface area contributed by atoms with Crippen LogP contribution in [0, 0.1) is 22.7 Å². The molecule has 5 heteroatoms. The van der Waals surface area contributed by atoms with Crippen LogP contribution in [-0.2, 0) is 14.3 Å². The second-order valence-corrected chi connectivity index (χ2v) is 9.43. The summed E-state index contributed by atoms with van der Waals surface area (Å²) >= 11 is 0. The molecule has 2 aliphatic carbocycles. The molecule has 1 fully saturated rings. The number of aliphatic hydroxyl groups excluding tert-OH is 2. The SMILES string of the molecule is CCOC(=O)C1=C[C@](C)(CC[C@@]2(C)CC(O)C(O)C[C@@H]2C(C)C)CCC1=O. The molecule has 0 heterocycles. The molecule has 0 spiro atoms. The summed E-state index contributed by atoms with van der Waals surface area (Å²) < 4.78 is 5.04. The molecule has 0 aromatic rings. The van der Waals surface area contributed by atoms with Gasteiger partial charge in [0.05, 0.1) is 24.4 Å². The fourth-order valence-corrected chi connectivity index (χ4v) is 5.02. The first kappa shape index (κ1) is 22.1. The standard InChI is InChI=1S/C22H36O5/c1-6-27-20(26)15-12-21(4,8-7-17(15)23)9-10-22(5)13-19(25)18(24)11-16(22)14(2)3/h12,14,16,18-19,24-25H,6-11,13H2,1-5H3/t16-,18?,19?,21+,22+/m1/s1. The Balaban J connectivity index is 2.17. The van der Waals surface area contributed by atoms with E-state index < -0.39 is 18.2 Å². The maximum atomic E-state index is 12.2. The van der Waals surface area contributed by atoms with E-state index in [4.69, 9.17) is 4.74 Å². The van der Waals surface area contributed by atoms with Crippen molar-refractivity contribution in [2.75, 3.05) is 6.61 Å². The number of ketones is 1. The maximum absolute atomic E-state index is 12.2. The van der Waals surface area contributed by atoms with Gasteiger partial charge in [-0.1, -0.05) is 33.8 Å². The third-order valence-corrected chi connectivity index (χ3v) is 6.79. The first-order valence-corrected chi connectivity index (χ1v) is 10.3. The molecule has 1 saturated carbocycles. The number of aliphatic hydroxyl groups is 2. The van der Waals surface area contributed by atoms with E-state index in [9.17, 15) is 19.8 Å². The second kappa shape index (κ2) is 8.44. The summed E-state index contributed by atoms with van der Waals surface area (Å²) in [4.78, 5) is 24.3. The molecule has 0 aliphatic heterocycles. The van der Waals surface area contributed by atoms with Crippen LogP contribution in [0.2, 0.25) is 0 Å². The number of carbonyl (C=O) groups excluding carboxylic acids is 2. The first-order valence-electron chi connectivity index (χ1n) is 10.3. The zero-order chi connectivity index (χ0) is 20.4. The zero-order valence-electron chi connectivity index (χ0n) is 17.5. The van der Waals surface area contributed by atoms with Gasteiger partial charge < -0.3 is 14.9 Å². The van der Waals surface area contributed by atoms with Gasteiger partial charge in [0.2, 0.25) is 0 Å². The number of hydrogen-bond acceptors (Lipinski definition) is 5. The van der Waals surface area contributed by atoms with Crippen molar-refractivity contribution in [3.05, 3.63) is 11.6 Å². The van der Waals surface area contributed by atoms with Crippen LogP contribution in [0.5, 0.6) is 0 Å². The van der Waals surface area contributed by atoms with Gasteiger partial charge in [-0.2, -0.15) is 0 Å². The van der Waals surface area contributed by atoms with Gasteiger partial charge in [0.25, 0.3) is 0 Å². The average Bonchev–Trinajstić information content (AvgIpc) is 2.59. The quantitative estimate of drug-likeness (QED) is 0.545. The lowest BCUT2D eigenvalue weighted by molar-refractivity contribution is -0.140. The number of esters is 1. The van der Waals surface area contributed by atoms with Crippen LogP contribution >= 0.6 is 0 Å². The van der Waals surface area contributed by atoms with E-state index in [0.717, 1.165) is 19.3 Å². The van der Waals surface area contributed by atoms with E-state index in [1.807, 2.05) is 6.08 Å². The van der Waals surface area contributed by atoms with Gasteiger partial charge >= 0.3 is 5.97 Å². The minimum absolute atomic E-state index is 0.0742. The van der Waals surface area contributed by atoms with Crippen molar-refractivity contribution in [1.29, 1.82) is 0 Å². The summed E-state index contributed by atoms with van der Waals surface area (Å²) in [5, 5.41) is 20.4. The molecule has 5 atom stereocenters. The molecule has 2 unspecified atom stereocenters. The van der Waals surface area contributed by atoms with Crippen LogP contribution in [0.25, 0.3) is 0 Å². The Bertz CT molecular complexity index is 596. The molecule has 0 amide bonds. The van der Waals surface area contributed by atoms with Crippen molar-refractivity contribution in [1.82, 2.24) is 0 Å². The van der Waals surface area contributed by atoms with Crippen LogP contribution in [0.3, 0.4) is 0 Å². The number of ether oxygens (including phenoxy) is 1. The van der Waals surface area contributed by atoms with Crippen LogP contribution in [0.4, 0.5) is 0 Å². The highest BCUT2D eigenvalue weighted by Crippen LogP contribution is 2.50. The van der Waals surface area contributed by atoms with Crippen molar-refractivity contribution in [2.45, 2.75) is 85.4 Å². The predicted molar refractivity (Wildman–Crippen MR) is 104 cm³/mol. The minimum atomic E-state index is -0.684. The van der Waals surface area contributed by atoms with Gasteiger partial charge in [-0.3, -0.25) is 4.79 Å². The van der Waals surface area contributed by atoms with Crippen molar-refractivity contribution in [2.24, 2.45) is 22.7 Å². The fourth-order valence-electron chi connectivity index (χ4n) is 5.02. The molecular formula is C22H36O5. The second-order valence-electron chi connectivity index (χ2n) is 9.43. The normalized spacial score (nSPS) is 37.3. The monoisotopic (exact) mass is 380 g/mol. The van der Waals surface area contributed by atoms with Gasteiger partial charge in [-0.25, -0.2) is 4.79 Å². The lowest BCUT2D eigenvalue weighted by Gasteiger charge is -2.49. The molecule has 27 heavy (non-hydrogen) atoms. The van der Waals surface area contributed by atoms with Crippen LogP contribution < -0.4 is 0 Å². The average molecular weight is 381 g/mol. The molecule has 0 aromatic carbocycles. The largest absolute Gasteiger partial charge is 0.462 e. The van der Waals surface area contributed by atoms with E-state index in [0.29, 0.717) is 31.1 Å². The Morgan fingerprint density at radius 2 is 1.93 bits per heavy atom. The molecule has 2 N–H and O–H groups in total. The van der Waals surface area contributed by atoms with E-state index in [2.05, 4.69) is 27.7 Å². The lowest BCUT2D eigenvalue weighted by Crippen LogP contribution is -2.47.